The lowest BCUT2D eigenvalue weighted by Gasteiger charge is -2.34. The van der Waals surface area contributed by atoms with Gasteiger partial charge in [-0.05, 0) is 62.6 Å². The zero-order valence-corrected chi connectivity index (χ0v) is 17.7. The molecule has 5 nitrogen and oxygen atoms in total. The number of sulfonamides is 1. The number of nitrogens with one attached hydrogen (secondary N) is 1. The zero-order chi connectivity index (χ0) is 20.3. The predicted molar refractivity (Wildman–Crippen MR) is 112 cm³/mol. The molecule has 0 saturated carbocycles. The van der Waals surface area contributed by atoms with E-state index in [2.05, 4.69) is 5.32 Å². The van der Waals surface area contributed by atoms with Crippen LogP contribution in [0.15, 0.2) is 47.4 Å². The molecule has 1 aliphatic heterocycles. The van der Waals surface area contributed by atoms with Gasteiger partial charge in [-0.3, -0.25) is 4.79 Å². The summed E-state index contributed by atoms with van der Waals surface area (Å²) in [7, 11) is -3.67. The molecule has 1 heterocycles. The van der Waals surface area contributed by atoms with Crippen LogP contribution in [0.3, 0.4) is 0 Å². The van der Waals surface area contributed by atoms with Crippen LogP contribution in [0, 0.1) is 13.8 Å². The second kappa shape index (κ2) is 8.64. The van der Waals surface area contributed by atoms with E-state index >= 15 is 0 Å². The fourth-order valence-electron chi connectivity index (χ4n) is 3.61. The number of amides is 1. The summed E-state index contributed by atoms with van der Waals surface area (Å²) in [4.78, 5) is 12.8. The van der Waals surface area contributed by atoms with Gasteiger partial charge in [0.15, 0.2) is 0 Å². The summed E-state index contributed by atoms with van der Waals surface area (Å²) >= 11 is 5.88. The maximum Gasteiger partial charge on any atom is 0.243 e. The molecule has 0 bridgehead atoms. The van der Waals surface area contributed by atoms with Gasteiger partial charge in [0.1, 0.15) is 0 Å². The Kier molecular flexibility index (Phi) is 6.43. The van der Waals surface area contributed by atoms with Crippen LogP contribution in [0.2, 0.25) is 5.02 Å². The number of hydrogen-bond acceptors (Lipinski definition) is 3. The van der Waals surface area contributed by atoms with Crippen molar-refractivity contribution in [2.45, 2.75) is 50.5 Å². The van der Waals surface area contributed by atoms with Gasteiger partial charge in [-0.1, -0.05) is 35.7 Å². The summed E-state index contributed by atoms with van der Waals surface area (Å²) in [6.45, 7) is 4.37. The molecule has 1 aliphatic rings. The normalized spacial score (nSPS) is 18.0. The fourth-order valence-corrected chi connectivity index (χ4v) is 5.42. The minimum atomic E-state index is -3.67. The van der Waals surface area contributed by atoms with E-state index in [1.165, 1.54) is 16.4 Å². The van der Waals surface area contributed by atoms with Crippen LogP contribution in [0.5, 0.6) is 0 Å². The van der Waals surface area contributed by atoms with Crippen molar-refractivity contribution in [3.05, 3.63) is 58.6 Å². The second-order valence-electron chi connectivity index (χ2n) is 7.29. The molecule has 0 aliphatic carbocycles. The first kappa shape index (κ1) is 20.8. The average molecular weight is 421 g/mol. The number of anilines is 1. The monoisotopic (exact) mass is 420 g/mol. The number of carbonyl (C=O) groups excluding carboxylic acids is 1. The van der Waals surface area contributed by atoms with E-state index in [4.69, 9.17) is 11.6 Å². The molecular weight excluding hydrogens is 396 g/mol. The van der Waals surface area contributed by atoms with Crippen molar-refractivity contribution in [2.24, 2.45) is 0 Å². The minimum absolute atomic E-state index is 0.139. The third-order valence-corrected chi connectivity index (χ3v) is 7.29. The lowest BCUT2D eigenvalue weighted by Crippen LogP contribution is -2.45. The fraction of sp³-hybridized carbons (Fsp3) is 0.381. The van der Waals surface area contributed by atoms with E-state index in [0.717, 1.165) is 29.7 Å². The van der Waals surface area contributed by atoms with Gasteiger partial charge in [-0.2, -0.15) is 4.31 Å². The summed E-state index contributed by atoms with van der Waals surface area (Å²) in [5.74, 6) is -0.171. The largest absolute Gasteiger partial charge is 0.326 e. The van der Waals surface area contributed by atoms with E-state index in [1.807, 2.05) is 32.0 Å². The number of nitrogens with zero attached hydrogens (tertiary/aromatic N) is 1. The number of aryl methyl sites for hydroxylation is 2. The second-order valence-corrected chi connectivity index (χ2v) is 9.62. The lowest BCUT2D eigenvalue weighted by molar-refractivity contribution is -0.117. The summed E-state index contributed by atoms with van der Waals surface area (Å²) < 4.78 is 27.7. The van der Waals surface area contributed by atoms with Crippen LogP contribution in [-0.2, 0) is 14.8 Å². The molecule has 1 amide bonds. The Labute approximate surface area is 171 Å². The topological polar surface area (TPSA) is 66.5 Å². The van der Waals surface area contributed by atoms with Gasteiger partial charge in [0.2, 0.25) is 15.9 Å². The number of piperidine rings is 1. The SMILES string of the molecule is Cc1ccc(NC(=O)C[C@@H]2CCCCN2S(=O)(=O)c2ccc(Cl)cc2)c(C)c1. The minimum Gasteiger partial charge on any atom is -0.326 e. The number of rotatable bonds is 5. The van der Waals surface area contributed by atoms with Gasteiger partial charge in [-0.15, -0.1) is 0 Å². The van der Waals surface area contributed by atoms with Crippen LogP contribution < -0.4 is 5.32 Å². The molecule has 1 atom stereocenters. The quantitative estimate of drug-likeness (QED) is 0.772. The van der Waals surface area contributed by atoms with Crippen molar-refractivity contribution in [1.29, 1.82) is 0 Å². The maximum atomic E-state index is 13.1. The molecule has 3 rings (SSSR count). The van der Waals surface area contributed by atoms with Gasteiger partial charge >= 0.3 is 0 Å². The molecule has 0 spiro atoms. The van der Waals surface area contributed by atoms with Crippen LogP contribution in [0.1, 0.15) is 36.8 Å². The summed E-state index contributed by atoms with van der Waals surface area (Å²) in [6.07, 6.45) is 2.52. The highest BCUT2D eigenvalue weighted by atomic mass is 35.5. The van der Waals surface area contributed by atoms with Crippen molar-refractivity contribution in [3.8, 4) is 0 Å². The standard InChI is InChI=1S/C21H25ClN2O3S/c1-15-6-11-20(16(2)13-15)23-21(25)14-18-5-3-4-12-24(18)28(26,27)19-9-7-17(22)8-10-19/h6-11,13,18H,3-5,12,14H2,1-2H3,(H,23,25)/t18-/m0/s1. The van der Waals surface area contributed by atoms with Crippen LogP contribution >= 0.6 is 11.6 Å². The molecule has 0 aromatic heterocycles. The molecule has 0 unspecified atom stereocenters. The van der Waals surface area contributed by atoms with Crippen LogP contribution in [-0.4, -0.2) is 31.2 Å². The van der Waals surface area contributed by atoms with Crippen molar-refractivity contribution in [1.82, 2.24) is 4.31 Å². The van der Waals surface area contributed by atoms with Crippen molar-refractivity contribution in [2.75, 3.05) is 11.9 Å². The first-order valence-corrected chi connectivity index (χ1v) is 11.2. The Balaban J connectivity index is 1.75. The van der Waals surface area contributed by atoms with Crippen molar-refractivity contribution in [3.63, 3.8) is 0 Å². The predicted octanol–water partition coefficient (Wildman–Crippen LogP) is 4.53. The van der Waals surface area contributed by atoms with E-state index in [0.29, 0.717) is 18.0 Å². The summed E-state index contributed by atoms with van der Waals surface area (Å²) in [6, 6.07) is 11.7. The summed E-state index contributed by atoms with van der Waals surface area (Å²) in [5.41, 5.74) is 2.88. The Morgan fingerprint density at radius 3 is 2.54 bits per heavy atom. The molecule has 0 radical (unpaired) electrons. The average Bonchev–Trinajstić information content (AvgIpc) is 2.65. The highest BCUT2D eigenvalue weighted by Gasteiger charge is 2.34. The lowest BCUT2D eigenvalue weighted by atomic mass is 10.0. The third kappa shape index (κ3) is 4.74. The number of hydrogen-bond donors (Lipinski definition) is 1. The Bertz CT molecular complexity index is 958. The molecule has 1 fully saturated rings. The molecule has 7 heteroatoms. The molecule has 1 saturated heterocycles. The first-order chi connectivity index (χ1) is 13.3. The molecule has 2 aromatic carbocycles. The molecule has 28 heavy (non-hydrogen) atoms. The molecule has 150 valence electrons. The Morgan fingerprint density at radius 1 is 1.14 bits per heavy atom. The molecular formula is C21H25ClN2O3S. The first-order valence-electron chi connectivity index (χ1n) is 9.42. The van der Waals surface area contributed by atoms with Gasteiger partial charge in [0, 0.05) is 29.7 Å². The van der Waals surface area contributed by atoms with Gasteiger partial charge < -0.3 is 5.32 Å². The maximum absolute atomic E-state index is 13.1. The van der Waals surface area contributed by atoms with Gasteiger partial charge in [0.05, 0.1) is 4.90 Å². The van der Waals surface area contributed by atoms with Gasteiger partial charge in [0.25, 0.3) is 0 Å². The summed E-state index contributed by atoms with van der Waals surface area (Å²) in [5, 5.41) is 3.41. The van der Waals surface area contributed by atoms with Gasteiger partial charge in [-0.25, -0.2) is 8.42 Å². The van der Waals surface area contributed by atoms with E-state index in [9.17, 15) is 13.2 Å². The molecule has 1 N–H and O–H groups in total. The van der Waals surface area contributed by atoms with Crippen molar-refractivity contribution < 1.29 is 13.2 Å². The number of benzene rings is 2. The highest BCUT2D eigenvalue weighted by molar-refractivity contribution is 7.89. The molecule has 2 aromatic rings. The van der Waals surface area contributed by atoms with Crippen LogP contribution in [0.25, 0.3) is 0 Å². The Morgan fingerprint density at radius 2 is 1.86 bits per heavy atom. The number of halogens is 1. The van der Waals surface area contributed by atoms with E-state index in [1.54, 1.807) is 12.1 Å². The zero-order valence-electron chi connectivity index (χ0n) is 16.1. The smallest absolute Gasteiger partial charge is 0.243 e. The number of carbonyl (C=O) groups is 1. The van der Waals surface area contributed by atoms with Crippen molar-refractivity contribution >= 4 is 33.2 Å². The Hall–Kier alpha value is -1.89. The van der Waals surface area contributed by atoms with E-state index in [-0.39, 0.29) is 23.3 Å². The van der Waals surface area contributed by atoms with Crippen LogP contribution in [0.4, 0.5) is 5.69 Å². The highest BCUT2D eigenvalue weighted by Crippen LogP contribution is 2.28. The third-order valence-electron chi connectivity index (χ3n) is 5.07. The van der Waals surface area contributed by atoms with E-state index < -0.39 is 10.0 Å².